The molecule has 8 nitrogen and oxygen atoms in total. The molecule has 5 rings (SSSR count). The molecule has 0 bridgehead atoms. The van der Waals surface area contributed by atoms with Crippen LogP contribution in [-0.4, -0.2) is 61.2 Å². The number of phenolic OH excluding ortho intramolecular Hbond substituents is 1. The van der Waals surface area contributed by atoms with Gasteiger partial charge < -0.3 is 15.3 Å². The van der Waals surface area contributed by atoms with Crippen molar-refractivity contribution in [3.8, 4) is 16.9 Å². The molecule has 0 saturated carbocycles. The number of rotatable bonds is 7. The third-order valence-corrected chi connectivity index (χ3v) is 7.52. The SMILES string of the molecule is CC(C)N(Cc1ncccn1)Cc1nc(N2C[C@@H](C)NC[C@@H]2C)c2cc(Cl)c(-c3c(O)cccc3F)c(F)c2n1. The minimum atomic E-state index is -0.814. The molecule has 3 heterocycles. The zero-order chi connectivity index (χ0) is 28.6. The Bertz CT molecular complexity index is 1500. The van der Waals surface area contributed by atoms with Gasteiger partial charge in [-0.25, -0.2) is 28.7 Å². The van der Waals surface area contributed by atoms with Gasteiger partial charge in [-0.15, -0.1) is 0 Å². The zero-order valence-corrected chi connectivity index (χ0v) is 23.6. The Hall–Kier alpha value is -3.47. The number of hydrogen-bond acceptors (Lipinski definition) is 8. The summed E-state index contributed by atoms with van der Waals surface area (Å²) in [7, 11) is 0. The van der Waals surface area contributed by atoms with E-state index in [1.54, 1.807) is 24.5 Å². The van der Waals surface area contributed by atoms with E-state index >= 15 is 4.39 Å². The lowest BCUT2D eigenvalue weighted by Gasteiger charge is -2.39. The van der Waals surface area contributed by atoms with Crippen molar-refractivity contribution in [2.24, 2.45) is 0 Å². The second kappa shape index (κ2) is 11.6. The molecule has 0 unspecified atom stereocenters. The molecule has 4 aromatic rings. The monoisotopic (exact) mass is 567 g/mol. The lowest BCUT2D eigenvalue weighted by Crippen LogP contribution is -2.54. The normalized spacial score (nSPS) is 17.8. The van der Waals surface area contributed by atoms with Crippen LogP contribution >= 0.6 is 11.6 Å². The lowest BCUT2D eigenvalue weighted by atomic mass is 10.0. The molecule has 0 aliphatic carbocycles. The van der Waals surface area contributed by atoms with E-state index in [9.17, 15) is 9.50 Å². The van der Waals surface area contributed by atoms with Gasteiger partial charge >= 0.3 is 0 Å². The van der Waals surface area contributed by atoms with Crippen molar-refractivity contribution in [2.75, 3.05) is 18.0 Å². The molecule has 0 radical (unpaired) electrons. The fourth-order valence-corrected chi connectivity index (χ4v) is 5.30. The summed E-state index contributed by atoms with van der Waals surface area (Å²) in [5.74, 6) is -0.398. The average molecular weight is 568 g/mol. The van der Waals surface area contributed by atoms with E-state index in [1.165, 1.54) is 12.1 Å². The number of aromatic nitrogens is 4. The maximum absolute atomic E-state index is 16.4. The highest BCUT2D eigenvalue weighted by Gasteiger charge is 2.29. The molecule has 2 N–H and O–H groups in total. The van der Waals surface area contributed by atoms with Crippen LogP contribution in [0.3, 0.4) is 0 Å². The number of fused-ring (bicyclic) bond motifs is 1. The molecule has 40 heavy (non-hydrogen) atoms. The van der Waals surface area contributed by atoms with Gasteiger partial charge in [-0.3, -0.25) is 4.90 Å². The van der Waals surface area contributed by atoms with Crippen LogP contribution in [0.2, 0.25) is 5.02 Å². The first kappa shape index (κ1) is 28.1. The molecule has 1 fully saturated rings. The predicted octanol–water partition coefficient (Wildman–Crippen LogP) is 5.32. The molecule has 11 heteroatoms. The van der Waals surface area contributed by atoms with Crippen molar-refractivity contribution >= 4 is 28.3 Å². The fourth-order valence-electron chi connectivity index (χ4n) is 5.02. The number of aromatic hydroxyl groups is 1. The van der Waals surface area contributed by atoms with E-state index in [0.29, 0.717) is 42.5 Å². The third kappa shape index (κ3) is 5.56. The standard InChI is InChI=1S/C29H32ClF2N7O/c1-16(2)38(14-23-33-9-6-10-34-23)15-24-36-28-19(29(37-24)39-13-17(3)35-12-18(39)4)11-20(30)25(27(28)32)26-21(31)7-5-8-22(26)40/h5-11,16-18,35,40H,12-15H2,1-4H3/t17-,18+/m1/s1. The van der Waals surface area contributed by atoms with Crippen LogP contribution in [-0.2, 0) is 13.1 Å². The number of hydrogen-bond donors (Lipinski definition) is 2. The van der Waals surface area contributed by atoms with Gasteiger partial charge in [0.1, 0.15) is 34.6 Å². The maximum atomic E-state index is 16.4. The van der Waals surface area contributed by atoms with Crippen molar-refractivity contribution < 1.29 is 13.9 Å². The Morgan fingerprint density at radius 3 is 2.50 bits per heavy atom. The van der Waals surface area contributed by atoms with Crippen LogP contribution < -0.4 is 10.2 Å². The van der Waals surface area contributed by atoms with E-state index < -0.39 is 17.4 Å². The number of benzene rings is 2. The molecule has 1 aliphatic rings. The number of anilines is 1. The van der Waals surface area contributed by atoms with Gasteiger partial charge in [-0.05, 0) is 52.0 Å². The first-order valence-electron chi connectivity index (χ1n) is 13.3. The second-order valence-corrected chi connectivity index (χ2v) is 10.9. The Balaban J connectivity index is 1.69. The smallest absolute Gasteiger partial charge is 0.159 e. The molecule has 1 saturated heterocycles. The Labute approximate surface area is 237 Å². The van der Waals surface area contributed by atoms with Crippen LogP contribution in [0.25, 0.3) is 22.0 Å². The molecule has 0 spiro atoms. The highest BCUT2D eigenvalue weighted by Crippen LogP contribution is 2.42. The number of piperazine rings is 1. The van der Waals surface area contributed by atoms with E-state index in [0.717, 1.165) is 12.6 Å². The molecule has 0 amide bonds. The summed E-state index contributed by atoms with van der Waals surface area (Å²) in [5, 5.41) is 14.3. The van der Waals surface area contributed by atoms with Crippen molar-refractivity contribution in [3.05, 3.63) is 71.0 Å². The summed E-state index contributed by atoms with van der Waals surface area (Å²) in [6.07, 6.45) is 3.38. The molecular weight excluding hydrogens is 536 g/mol. The summed E-state index contributed by atoms with van der Waals surface area (Å²) < 4.78 is 31.3. The quantitative estimate of drug-likeness (QED) is 0.310. The van der Waals surface area contributed by atoms with Gasteiger partial charge in [0.05, 0.1) is 23.7 Å². The summed E-state index contributed by atoms with van der Waals surface area (Å²) in [5.41, 5.74) is -0.525. The van der Waals surface area contributed by atoms with E-state index in [-0.39, 0.29) is 39.8 Å². The average Bonchev–Trinajstić information content (AvgIpc) is 2.92. The topological polar surface area (TPSA) is 90.3 Å². The Morgan fingerprint density at radius 1 is 1.07 bits per heavy atom. The highest BCUT2D eigenvalue weighted by atomic mass is 35.5. The summed E-state index contributed by atoms with van der Waals surface area (Å²) in [6, 6.07) is 7.47. The van der Waals surface area contributed by atoms with Crippen LogP contribution in [0, 0.1) is 11.6 Å². The van der Waals surface area contributed by atoms with Crippen molar-refractivity contribution in [1.29, 1.82) is 0 Å². The van der Waals surface area contributed by atoms with Crippen molar-refractivity contribution in [2.45, 2.75) is 58.9 Å². The number of phenols is 1. The minimum absolute atomic E-state index is 0.0140. The second-order valence-electron chi connectivity index (χ2n) is 10.5. The van der Waals surface area contributed by atoms with Crippen LogP contribution in [0.4, 0.5) is 14.6 Å². The molecule has 2 aromatic carbocycles. The predicted molar refractivity (Wildman–Crippen MR) is 152 cm³/mol. The summed E-state index contributed by atoms with van der Waals surface area (Å²) in [6.45, 7) is 10.4. The first-order chi connectivity index (χ1) is 19.1. The van der Waals surface area contributed by atoms with Gasteiger partial charge in [0.15, 0.2) is 5.82 Å². The van der Waals surface area contributed by atoms with E-state index in [1.807, 2.05) is 13.8 Å². The number of nitrogens with one attached hydrogen (secondary N) is 1. The van der Waals surface area contributed by atoms with Gasteiger partial charge in [0.2, 0.25) is 0 Å². The van der Waals surface area contributed by atoms with E-state index in [4.69, 9.17) is 16.6 Å². The minimum Gasteiger partial charge on any atom is -0.507 e. The maximum Gasteiger partial charge on any atom is 0.159 e. The first-order valence-corrected chi connectivity index (χ1v) is 13.7. The van der Waals surface area contributed by atoms with Crippen LogP contribution in [0.1, 0.15) is 39.3 Å². The third-order valence-electron chi connectivity index (χ3n) is 7.23. The van der Waals surface area contributed by atoms with Crippen LogP contribution in [0.15, 0.2) is 42.7 Å². The highest BCUT2D eigenvalue weighted by molar-refractivity contribution is 6.34. The molecule has 210 valence electrons. The summed E-state index contributed by atoms with van der Waals surface area (Å²) in [4.78, 5) is 22.5. The number of halogens is 3. The Kier molecular flexibility index (Phi) is 8.11. The zero-order valence-electron chi connectivity index (χ0n) is 22.9. The summed E-state index contributed by atoms with van der Waals surface area (Å²) >= 11 is 6.59. The number of nitrogens with zero attached hydrogens (tertiary/aromatic N) is 6. The van der Waals surface area contributed by atoms with Gasteiger partial charge in [-0.2, -0.15) is 0 Å². The molecule has 2 atom stereocenters. The van der Waals surface area contributed by atoms with Crippen LogP contribution in [0.5, 0.6) is 5.75 Å². The Morgan fingerprint density at radius 2 is 1.80 bits per heavy atom. The van der Waals surface area contributed by atoms with Gasteiger partial charge in [0.25, 0.3) is 0 Å². The van der Waals surface area contributed by atoms with Gasteiger partial charge in [0, 0.05) is 54.6 Å². The fraction of sp³-hybridized carbons (Fsp3) is 0.379. The molecule has 2 aromatic heterocycles. The van der Waals surface area contributed by atoms with Crippen molar-refractivity contribution in [3.63, 3.8) is 0 Å². The van der Waals surface area contributed by atoms with E-state index in [2.05, 4.69) is 43.9 Å². The molecule has 1 aliphatic heterocycles. The molecular formula is C29H32ClF2N7O. The largest absolute Gasteiger partial charge is 0.507 e. The van der Waals surface area contributed by atoms with Gasteiger partial charge in [-0.1, -0.05) is 17.7 Å². The van der Waals surface area contributed by atoms with Crippen molar-refractivity contribution in [1.82, 2.24) is 30.2 Å². The lowest BCUT2D eigenvalue weighted by molar-refractivity contribution is 0.193.